The highest BCUT2D eigenvalue weighted by atomic mass is 16.5. The Labute approximate surface area is 139 Å². The zero-order valence-electron chi connectivity index (χ0n) is 13.4. The van der Waals surface area contributed by atoms with Crippen molar-refractivity contribution in [2.45, 2.75) is 6.54 Å². The third kappa shape index (κ3) is 2.97. The van der Waals surface area contributed by atoms with Gasteiger partial charge < -0.3 is 19.9 Å². The third-order valence-corrected chi connectivity index (χ3v) is 4.29. The van der Waals surface area contributed by atoms with E-state index in [-0.39, 0.29) is 0 Å². The lowest BCUT2D eigenvalue weighted by molar-refractivity contribution is -0.118. The van der Waals surface area contributed by atoms with Crippen LogP contribution in [0, 0.1) is 0 Å². The average Bonchev–Trinajstić information content (AvgIpc) is 2.65. The normalized spacial score (nSPS) is 14.7. The van der Waals surface area contributed by atoms with E-state index >= 15 is 0 Å². The van der Waals surface area contributed by atoms with Crippen LogP contribution in [0.3, 0.4) is 0 Å². The zero-order valence-corrected chi connectivity index (χ0v) is 13.4. The fourth-order valence-electron chi connectivity index (χ4n) is 2.83. The summed E-state index contributed by atoms with van der Waals surface area (Å²) in [4.78, 5) is 38.1. The molecule has 1 aliphatic heterocycles. The standard InChI is InChI=1S/C17H19N3O4/c1-24-13-4-2-12(3-5-13)10-18-14-15(17(23)16(14)22)20-8-6-19(11-21)7-9-20/h2-5,11,18H,6-10H2,1H3. The Hall–Kier alpha value is -2.83. The molecule has 0 radical (unpaired) electrons. The molecule has 1 N–H and O–H groups in total. The molecule has 1 aliphatic rings. The molecule has 0 unspecified atom stereocenters. The fraction of sp³-hybridized carbons (Fsp3) is 0.353. The Morgan fingerprint density at radius 2 is 1.75 bits per heavy atom. The van der Waals surface area contributed by atoms with Gasteiger partial charge >= 0.3 is 0 Å². The molecule has 24 heavy (non-hydrogen) atoms. The molecule has 1 heterocycles. The van der Waals surface area contributed by atoms with Crippen LogP contribution in [0.25, 0.3) is 0 Å². The van der Waals surface area contributed by atoms with Gasteiger partial charge in [0.05, 0.1) is 7.11 Å². The first-order valence-corrected chi connectivity index (χ1v) is 7.78. The molecule has 0 saturated carbocycles. The number of anilines is 2. The number of methoxy groups -OCH3 is 1. The van der Waals surface area contributed by atoms with Crippen LogP contribution in [0.4, 0.5) is 11.4 Å². The maximum absolute atomic E-state index is 11.9. The van der Waals surface area contributed by atoms with Gasteiger partial charge in [-0.25, -0.2) is 0 Å². The van der Waals surface area contributed by atoms with Gasteiger partial charge in [-0.15, -0.1) is 0 Å². The highest BCUT2D eigenvalue weighted by molar-refractivity contribution is 5.75. The monoisotopic (exact) mass is 329 g/mol. The van der Waals surface area contributed by atoms with E-state index in [1.165, 1.54) is 0 Å². The lowest BCUT2D eigenvalue weighted by Gasteiger charge is -2.35. The Morgan fingerprint density at radius 3 is 2.33 bits per heavy atom. The van der Waals surface area contributed by atoms with Crippen molar-refractivity contribution in [1.29, 1.82) is 0 Å². The van der Waals surface area contributed by atoms with Crippen LogP contribution in [0.2, 0.25) is 0 Å². The van der Waals surface area contributed by atoms with Crippen LogP contribution in [-0.2, 0) is 11.3 Å². The smallest absolute Gasteiger partial charge is 0.253 e. The second kappa shape index (κ2) is 6.74. The summed E-state index contributed by atoms with van der Waals surface area (Å²) in [5, 5.41) is 3.07. The van der Waals surface area contributed by atoms with Crippen LogP contribution < -0.4 is 25.8 Å². The lowest BCUT2D eigenvalue weighted by atomic mass is 10.1. The number of carbonyl (C=O) groups is 1. The average molecular weight is 329 g/mol. The molecule has 0 bridgehead atoms. The molecule has 1 amide bonds. The molecule has 126 valence electrons. The van der Waals surface area contributed by atoms with Gasteiger partial charge in [0.1, 0.15) is 17.1 Å². The summed E-state index contributed by atoms with van der Waals surface area (Å²) >= 11 is 0. The van der Waals surface area contributed by atoms with E-state index in [4.69, 9.17) is 4.74 Å². The van der Waals surface area contributed by atoms with Crippen molar-refractivity contribution in [2.75, 3.05) is 43.5 Å². The number of rotatable bonds is 6. The third-order valence-electron chi connectivity index (χ3n) is 4.29. The minimum absolute atomic E-state index is 0.371. The van der Waals surface area contributed by atoms with Crippen molar-refractivity contribution in [2.24, 2.45) is 0 Å². The summed E-state index contributed by atoms with van der Waals surface area (Å²) < 4.78 is 5.11. The van der Waals surface area contributed by atoms with E-state index in [0.717, 1.165) is 17.7 Å². The largest absolute Gasteiger partial charge is 0.497 e. The summed E-state index contributed by atoms with van der Waals surface area (Å²) in [5.74, 6) is 0.765. The van der Waals surface area contributed by atoms with E-state index in [9.17, 15) is 14.4 Å². The van der Waals surface area contributed by atoms with E-state index < -0.39 is 10.9 Å². The molecular formula is C17H19N3O4. The van der Waals surface area contributed by atoms with Gasteiger partial charge in [-0.1, -0.05) is 12.1 Å². The van der Waals surface area contributed by atoms with Crippen LogP contribution >= 0.6 is 0 Å². The zero-order chi connectivity index (χ0) is 17.1. The van der Waals surface area contributed by atoms with Crippen molar-refractivity contribution >= 4 is 17.8 Å². The van der Waals surface area contributed by atoms with Gasteiger partial charge in [-0.05, 0) is 17.7 Å². The number of piperazine rings is 1. The molecule has 0 aromatic heterocycles. The maximum atomic E-state index is 11.9. The number of carbonyl (C=O) groups excluding carboxylic acids is 1. The number of ether oxygens (including phenoxy) is 1. The van der Waals surface area contributed by atoms with E-state index in [1.54, 1.807) is 12.0 Å². The summed E-state index contributed by atoms with van der Waals surface area (Å²) in [6.45, 7) is 2.68. The van der Waals surface area contributed by atoms with Crippen molar-refractivity contribution in [3.05, 3.63) is 50.3 Å². The van der Waals surface area contributed by atoms with E-state index in [2.05, 4.69) is 5.32 Å². The van der Waals surface area contributed by atoms with Gasteiger partial charge in [0, 0.05) is 32.7 Å². The highest BCUT2D eigenvalue weighted by Gasteiger charge is 2.28. The summed E-state index contributed by atoms with van der Waals surface area (Å²) in [6, 6.07) is 7.50. The van der Waals surface area contributed by atoms with Crippen molar-refractivity contribution < 1.29 is 9.53 Å². The summed E-state index contributed by atoms with van der Waals surface area (Å²) in [5.41, 5.74) is 0.873. The Bertz CT molecular complexity index is 785. The number of benzene rings is 1. The van der Waals surface area contributed by atoms with Crippen LogP contribution in [0.1, 0.15) is 5.56 Å². The van der Waals surface area contributed by atoms with Gasteiger partial charge in [-0.3, -0.25) is 14.4 Å². The van der Waals surface area contributed by atoms with Crippen LogP contribution in [0.15, 0.2) is 33.9 Å². The van der Waals surface area contributed by atoms with Gasteiger partial charge in [-0.2, -0.15) is 0 Å². The maximum Gasteiger partial charge on any atom is 0.253 e. The number of nitrogens with zero attached hydrogens (tertiary/aromatic N) is 2. The summed E-state index contributed by atoms with van der Waals surface area (Å²) in [6.07, 6.45) is 0.808. The minimum Gasteiger partial charge on any atom is -0.497 e. The fourth-order valence-corrected chi connectivity index (χ4v) is 2.83. The second-order valence-corrected chi connectivity index (χ2v) is 5.71. The molecular weight excluding hydrogens is 310 g/mol. The van der Waals surface area contributed by atoms with Crippen molar-refractivity contribution in [3.8, 4) is 5.75 Å². The predicted octanol–water partition coefficient (Wildman–Crippen LogP) is 0.182. The Morgan fingerprint density at radius 1 is 1.08 bits per heavy atom. The molecule has 1 saturated heterocycles. The van der Waals surface area contributed by atoms with Crippen LogP contribution in [-0.4, -0.2) is 44.6 Å². The van der Waals surface area contributed by atoms with Crippen molar-refractivity contribution in [3.63, 3.8) is 0 Å². The number of nitrogens with one attached hydrogen (secondary N) is 1. The quantitative estimate of drug-likeness (QED) is 0.602. The molecule has 7 nitrogen and oxygen atoms in total. The van der Waals surface area contributed by atoms with Crippen molar-refractivity contribution in [1.82, 2.24) is 4.90 Å². The molecule has 2 aromatic carbocycles. The molecule has 2 aromatic rings. The van der Waals surface area contributed by atoms with Gasteiger partial charge in [0.2, 0.25) is 6.41 Å². The summed E-state index contributed by atoms with van der Waals surface area (Å²) in [7, 11) is 1.60. The lowest BCUT2D eigenvalue weighted by Crippen LogP contribution is -2.51. The van der Waals surface area contributed by atoms with E-state index in [0.29, 0.717) is 44.1 Å². The molecule has 0 aliphatic carbocycles. The van der Waals surface area contributed by atoms with E-state index in [1.807, 2.05) is 29.2 Å². The number of hydrogen-bond acceptors (Lipinski definition) is 6. The topological polar surface area (TPSA) is 79.0 Å². The molecule has 3 rings (SSSR count). The first kappa shape index (κ1) is 16.0. The number of amides is 1. The predicted molar refractivity (Wildman–Crippen MR) is 91.5 cm³/mol. The molecule has 1 fully saturated rings. The van der Waals surface area contributed by atoms with Crippen LogP contribution in [0.5, 0.6) is 5.75 Å². The first-order chi connectivity index (χ1) is 11.6. The molecule has 0 spiro atoms. The first-order valence-electron chi connectivity index (χ1n) is 7.78. The second-order valence-electron chi connectivity index (χ2n) is 5.71. The molecule has 0 atom stereocenters. The Kier molecular flexibility index (Phi) is 4.50. The van der Waals surface area contributed by atoms with Gasteiger partial charge in [0.25, 0.3) is 10.9 Å². The highest BCUT2D eigenvalue weighted by Crippen LogP contribution is 2.22. The minimum atomic E-state index is -0.476. The molecule has 7 heteroatoms. The number of hydrogen-bond donors (Lipinski definition) is 1. The van der Waals surface area contributed by atoms with Gasteiger partial charge in [0.15, 0.2) is 0 Å². The Balaban J connectivity index is 1.68. The SMILES string of the molecule is COc1ccc(CNc2c(N3CCN(C=O)CC3)c(=O)c2=O)cc1.